The Balaban J connectivity index is 2.62. The number of phenols is 1. The first kappa shape index (κ1) is 20.6. The number of benzene rings is 1. The van der Waals surface area contributed by atoms with Gasteiger partial charge in [0.2, 0.25) is 0 Å². The Hall–Kier alpha value is -1.68. The van der Waals surface area contributed by atoms with Gasteiger partial charge in [0.05, 0.1) is 5.03 Å². The van der Waals surface area contributed by atoms with Gasteiger partial charge in [-0.3, -0.25) is 4.79 Å². The van der Waals surface area contributed by atoms with Crippen LogP contribution in [0.25, 0.3) is 0 Å². The Morgan fingerprint density at radius 2 is 1.50 bits per heavy atom. The summed E-state index contributed by atoms with van der Waals surface area (Å²) in [5, 5.41) is 11.9. The van der Waals surface area contributed by atoms with E-state index >= 15 is 0 Å². The van der Waals surface area contributed by atoms with Gasteiger partial charge in [-0.2, -0.15) is 0 Å². The molecule has 26 heavy (non-hydrogen) atoms. The van der Waals surface area contributed by atoms with E-state index in [4.69, 9.17) is 0 Å². The first-order chi connectivity index (χ1) is 11.9. The molecule has 1 N–H and O–H groups in total. The minimum absolute atomic E-state index is 0.000414. The second kappa shape index (κ2) is 7.15. The first-order valence-electron chi connectivity index (χ1n) is 9.08. The smallest absolute Gasteiger partial charge is 0.194 e. The molecule has 3 nitrogen and oxygen atoms in total. The number of rotatable bonds is 4. The number of nitrogens with zero attached hydrogens (tertiary/aromatic N) is 1. The molecule has 1 heterocycles. The summed E-state index contributed by atoms with van der Waals surface area (Å²) in [6.07, 6.45) is 1.89. The molecule has 0 aliphatic heterocycles. The van der Waals surface area contributed by atoms with Crippen LogP contribution in [0.4, 0.5) is 0 Å². The standard InChI is InChI=1S/C22H31NO2S/c1-9-26-18-12-15(13-23(18)8)19(24)14-10-16(21(2,3)4)20(25)17(11-14)22(5,6)7/h10-13,25H,9H2,1-8H3. The molecular formula is C22H31NO2S. The molecule has 0 unspecified atom stereocenters. The largest absolute Gasteiger partial charge is 0.507 e. The molecule has 0 radical (unpaired) electrons. The van der Waals surface area contributed by atoms with E-state index in [1.807, 2.05) is 36.0 Å². The highest BCUT2D eigenvalue weighted by Gasteiger charge is 2.28. The molecule has 0 amide bonds. The zero-order valence-corrected chi connectivity index (χ0v) is 18.0. The summed E-state index contributed by atoms with van der Waals surface area (Å²) < 4.78 is 2.00. The Morgan fingerprint density at radius 3 is 1.92 bits per heavy atom. The van der Waals surface area contributed by atoms with Gasteiger partial charge < -0.3 is 9.67 Å². The summed E-state index contributed by atoms with van der Waals surface area (Å²) in [5.74, 6) is 1.27. The van der Waals surface area contributed by atoms with Gasteiger partial charge in [-0.15, -0.1) is 11.8 Å². The van der Waals surface area contributed by atoms with Gasteiger partial charge in [0.1, 0.15) is 5.75 Å². The van der Waals surface area contributed by atoms with Gasteiger partial charge in [0, 0.05) is 35.5 Å². The number of phenolic OH excluding ortho intramolecular Hbond substituents is 1. The maximum absolute atomic E-state index is 13.2. The minimum Gasteiger partial charge on any atom is -0.507 e. The van der Waals surface area contributed by atoms with Crippen molar-refractivity contribution in [2.24, 2.45) is 7.05 Å². The number of carbonyl (C=O) groups is 1. The number of aromatic hydroxyl groups is 1. The number of aryl methyl sites for hydroxylation is 1. The van der Waals surface area contributed by atoms with Crippen molar-refractivity contribution < 1.29 is 9.90 Å². The zero-order chi connectivity index (χ0) is 19.9. The maximum atomic E-state index is 13.2. The summed E-state index contributed by atoms with van der Waals surface area (Å²) in [4.78, 5) is 13.2. The molecule has 1 aromatic heterocycles. The van der Waals surface area contributed by atoms with Crippen LogP contribution < -0.4 is 0 Å². The Labute approximate surface area is 161 Å². The van der Waals surface area contributed by atoms with Crippen LogP contribution in [0, 0.1) is 0 Å². The number of aromatic nitrogens is 1. The molecule has 0 fully saturated rings. The second-order valence-electron chi connectivity index (χ2n) is 8.86. The van der Waals surface area contributed by atoms with Crippen LogP contribution in [0.1, 0.15) is 75.5 Å². The number of carbonyl (C=O) groups excluding carboxylic acids is 1. The summed E-state index contributed by atoms with van der Waals surface area (Å²) in [6.45, 7) is 14.4. The van der Waals surface area contributed by atoms with Crippen molar-refractivity contribution in [2.45, 2.75) is 64.3 Å². The van der Waals surface area contributed by atoms with Crippen LogP contribution in [-0.2, 0) is 17.9 Å². The third-order valence-electron chi connectivity index (χ3n) is 4.50. The Morgan fingerprint density at radius 1 is 1.00 bits per heavy atom. The molecular weight excluding hydrogens is 342 g/mol. The normalized spacial score (nSPS) is 12.5. The molecule has 4 heteroatoms. The molecule has 0 bridgehead atoms. The molecule has 0 aliphatic rings. The lowest BCUT2D eigenvalue weighted by molar-refractivity contribution is 0.103. The summed E-state index contributed by atoms with van der Waals surface area (Å²) in [5.41, 5.74) is 2.45. The fourth-order valence-electron chi connectivity index (χ4n) is 3.04. The van der Waals surface area contributed by atoms with Gasteiger partial charge in [-0.25, -0.2) is 0 Å². The van der Waals surface area contributed by atoms with Crippen LogP contribution in [0.5, 0.6) is 5.75 Å². The fraction of sp³-hybridized carbons (Fsp3) is 0.500. The Bertz CT molecular complexity index is 785. The maximum Gasteiger partial charge on any atom is 0.194 e. The van der Waals surface area contributed by atoms with Crippen LogP contribution in [-0.4, -0.2) is 21.2 Å². The lowest BCUT2D eigenvalue weighted by Crippen LogP contribution is -2.19. The highest BCUT2D eigenvalue weighted by Crippen LogP contribution is 2.40. The molecule has 2 aromatic rings. The van der Waals surface area contributed by atoms with E-state index in [1.165, 1.54) is 0 Å². The average molecular weight is 374 g/mol. The van der Waals surface area contributed by atoms with Gasteiger partial charge >= 0.3 is 0 Å². The van der Waals surface area contributed by atoms with Gasteiger partial charge in [0.15, 0.2) is 5.78 Å². The SMILES string of the molecule is CCSc1cc(C(=O)c2cc(C(C)(C)C)c(O)c(C(C)(C)C)c2)cn1C. The van der Waals surface area contributed by atoms with Crippen molar-refractivity contribution in [1.82, 2.24) is 4.57 Å². The van der Waals surface area contributed by atoms with Gasteiger partial charge in [0.25, 0.3) is 0 Å². The quantitative estimate of drug-likeness (QED) is 0.555. The van der Waals surface area contributed by atoms with Crippen molar-refractivity contribution in [3.05, 3.63) is 46.6 Å². The predicted octanol–water partition coefficient (Wildman–Crippen LogP) is 5.67. The summed E-state index contributed by atoms with van der Waals surface area (Å²) in [6, 6.07) is 5.66. The molecule has 142 valence electrons. The van der Waals surface area contributed by atoms with Crippen LogP contribution in [0.3, 0.4) is 0 Å². The molecule has 2 rings (SSSR count). The first-order valence-corrected chi connectivity index (χ1v) is 10.1. The number of hydrogen-bond acceptors (Lipinski definition) is 3. The highest BCUT2D eigenvalue weighted by molar-refractivity contribution is 7.99. The van der Waals surface area contributed by atoms with Gasteiger partial charge in [-0.05, 0) is 34.8 Å². The molecule has 1 aromatic carbocycles. The third kappa shape index (κ3) is 4.17. The predicted molar refractivity (Wildman–Crippen MR) is 111 cm³/mol. The topological polar surface area (TPSA) is 42.2 Å². The Kier molecular flexibility index (Phi) is 5.67. The zero-order valence-electron chi connectivity index (χ0n) is 17.2. The van der Waals surface area contributed by atoms with E-state index in [0.29, 0.717) is 16.9 Å². The molecule has 0 spiro atoms. The van der Waals surface area contributed by atoms with E-state index in [2.05, 4.69) is 48.5 Å². The van der Waals surface area contributed by atoms with E-state index in [9.17, 15) is 9.90 Å². The third-order valence-corrected chi connectivity index (χ3v) is 5.49. The average Bonchev–Trinajstić information content (AvgIpc) is 2.86. The monoisotopic (exact) mass is 373 g/mol. The molecule has 0 aliphatic carbocycles. The van der Waals surface area contributed by atoms with E-state index in [0.717, 1.165) is 21.9 Å². The van der Waals surface area contributed by atoms with Crippen LogP contribution >= 0.6 is 11.8 Å². The fourth-order valence-corrected chi connectivity index (χ4v) is 3.80. The van der Waals surface area contributed by atoms with E-state index in [1.54, 1.807) is 11.8 Å². The van der Waals surface area contributed by atoms with Crippen molar-refractivity contribution in [3.8, 4) is 5.75 Å². The molecule has 0 atom stereocenters. The van der Waals surface area contributed by atoms with E-state index in [-0.39, 0.29) is 16.6 Å². The molecule has 0 saturated heterocycles. The minimum atomic E-state index is -0.250. The number of thioether (sulfide) groups is 1. The summed E-state index contributed by atoms with van der Waals surface area (Å²) in [7, 11) is 1.97. The van der Waals surface area contributed by atoms with Crippen LogP contribution in [0.2, 0.25) is 0 Å². The van der Waals surface area contributed by atoms with Crippen LogP contribution in [0.15, 0.2) is 29.4 Å². The number of ketones is 1. The second-order valence-corrected chi connectivity index (χ2v) is 10.1. The van der Waals surface area contributed by atoms with Crippen molar-refractivity contribution >= 4 is 17.5 Å². The highest BCUT2D eigenvalue weighted by atomic mass is 32.2. The van der Waals surface area contributed by atoms with Crippen molar-refractivity contribution in [3.63, 3.8) is 0 Å². The van der Waals surface area contributed by atoms with Crippen molar-refractivity contribution in [2.75, 3.05) is 5.75 Å². The lowest BCUT2D eigenvalue weighted by atomic mass is 9.78. The van der Waals surface area contributed by atoms with Gasteiger partial charge in [-0.1, -0.05) is 48.5 Å². The molecule has 0 saturated carbocycles. The lowest BCUT2D eigenvalue weighted by Gasteiger charge is -2.28. The summed E-state index contributed by atoms with van der Waals surface area (Å²) >= 11 is 1.72. The van der Waals surface area contributed by atoms with Crippen molar-refractivity contribution in [1.29, 1.82) is 0 Å². The van der Waals surface area contributed by atoms with E-state index < -0.39 is 0 Å². The number of hydrogen-bond donors (Lipinski definition) is 1.